The number of nitrogens with zero attached hydrogens (tertiary/aromatic N) is 3. The zero-order valence-electron chi connectivity index (χ0n) is 19.3. The van der Waals surface area contributed by atoms with Crippen LogP contribution in [0.15, 0.2) is 22.6 Å². The van der Waals surface area contributed by atoms with Gasteiger partial charge in [-0.25, -0.2) is 4.79 Å². The highest BCUT2D eigenvalue weighted by Crippen LogP contribution is 2.30. The number of hydrogen-bond acceptors (Lipinski definition) is 7. The normalized spacial score (nSPS) is 24.5. The predicted molar refractivity (Wildman–Crippen MR) is 123 cm³/mol. The van der Waals surface area contributed by atoms with E-state index in [1.54, 1.807) is 18.2 Å². The fourth-order valence-corrected chi connectivity index (χ4v) is 5.11. The van der Waals surface area contributed by atoms with Crippen molar-refractivity contribution in [3.8, 4) is 0 Å². The number of carbonyl (C=O) groups is 2. The SMILES string of the molecule is COC(=O)c1cccc2nc(N3CCCCC3C(=O)NCCN3C(C)CCCC3C)oc12. The number of likely N-dealkylation sites (tertiary alicyclic amines) is 1. The largest absolute Gasteiger partial charge is 0.465 e. The topological polar surface area (TPSA) is 87.9 Å². The second kappa shape index (κ2) is 9.90. The molecule has 2 aromatic rings. The number of amides is 1. The number of carbonyl (C=O) groups excluding carboxylic acids is 2. The van der Waals surface area contributed by atoms with E-state index in [2.05, 4.69) is 29.0 Å². The molecule has 2 saturated heterocycles. The van der Waals surface area contributed by atoms with Crippen LogP contribution < -0.4 is 10.2 Å². The minimum atomic E-state index is -0.465. The van der Waals surface area contributed by atoms with Crippen LogP contribution in [0.4, 0.5) is 6.01 Å². The average molecular weight is 443 g/mol. The highest BCUT2D eigenvalue weighted by Gasteiger charge is 2.32. The highest BCUT2D eigenvalue weighted by molar-refractivity contribution is 6.01. The molecule has 0 saturated carbocycles. The van der Waals surface area contributed by atoms with Gasteiger partial charge in [0.15, 0.2) is 5.58 Å². The van der Waals surface area contributed by atoms with Crippen LogP contribution in [0.25, 0.3) is 11.1 Å². The van der Waals surface area contributed by atoms with Crippen molar-refractivity contribution in [3.05, 3.63) is 23.8 Å². The summed E-state index contributed by atoms with van der Waals surface area (Å²) in [6, 6.07) is 6.39. The van der Waals surface area contributed by atoms with E-state index in [1.165, 1.54) is 26.4 Å². The van der Waals surface area contributed by atoms with Crippen molar-refractivity contribution in [1.29, 1.82) is 0 Å². The lowest BCUT2D eigenvalue weighted by molar-refractivity contribution is -0.123. The fourth-order valence-electron chi connectivity index (χ4n) is 5.11. The molecule has 4 rings (SSSR count). The van der Waals surface area contributed by atoms with Gasteiger partial charge >= 0.3 is 5.97 Å². The third-order valence-corrected chi connectivity index (χ3v) is 6.91. The van der Waals surface area contributed by atoms with Crippen molar-refractivity contribution < 1.29 is 18.7 Å². The summed E-state index contributed by atoms with van der Waals surface area (Å²) in [5, 5.41) is 3.15. The van der Waals surface area contributed by atoms with E-state index in [9.17, 15) is 9.59 Å². The van der Waals surface area contributed by atoms with Gasteiger partial charge in [-0.05, 0) is 58.1 Å². The van der Waals surface area contributed by atoms with Gasteiger partial charge in [-0.15, -0.1) is 0 Å². The van der Waals surface area contributed by atoms with Crippen LogP contribution in [0, 0.1) is 0 Å². The first kappa shape index (κ1) is 22.6. The summed E-state index contributed by atoms with van der Waals surface area (Å²) in [5.74, 6) is -0.454. The zero-order valence-corrected chi connectivity index (χ0v) is 19.3. The second-order valence-corrected chi connectivity index (χ2v) is 9.00. The minimum Gasteiger partial charge on any atom is -0.465 e. The van der Waals surface area contributed by atoms with E-state index < -0.39 is 5.97 Å². The lowest BCUT2D eigenvalue weighted by Crippen LogP contribution is -2.52. The Hall–Kier alpha value is -2.61. The molecule has 1 amide bonds. The molecule has 1 N–H and O–H groups in total. The number of ether oxygens (including phenoxy) is 1. The second-order valence-electron chi connectivity index (χ2n) is 9.00. The average Bonchev–Trinajstić information content (AvgIpc) is 3.24. The third-order valence-electron chi connectivity index (χ3n) is 6.91. The van der Waals surface area contributed by atoms with Gasteiger partial charge in [0.05, 0.1) is 7.11 Å². The Labute approximate surface area is 189 Å². The van der Waals surface area contributed by atoms with Gasteiger partial charge in [0.2, 0.25) is 5.91 Å². The number of fused-ring (bicyclic) bond motifs is 1. The third kappa shape index (κ3) is 4.60. The van der Waals surface area contributed by atoms with Crippen LogP contribution in [0.5, 0.6) is 0 Å². The van der Waals surface area contributed by atoms with Gasteiger partial charge in [0.1, 0.15) is 17.1 Å². The summed E-state index contributed by atoms with van der Waals surface area (Å²) >= 11 is 0. The van der Waals surface area contributed by atoms with E-state index >= 15 is 0 Å². The van der Waals surface area contributed by atoms with Crippen LogP contribution in [0.1, 0.15) is 62.7 Å². The van der Waals surface area contributed by atoms with E-state index in [0.717, 1.165) is 25.8 Å². The van der Waals surface area contributed by atoms with Gasteiger partial charge in [-0.2, -0.15) is 4.98 Å². The molecule has 8 heteroatoms. The number of esters is 1. The Kier molecular flexibility index (Phi) is 6.98. The van der Waals surface area contributed by atoms with Gasteiger partial charge in [0.25, 0.3) is 6.01 Å². The van der Waals surface area contributed by atoms with Crippen LogP contribution >= 0.6 is 0 Å². The molecule has 174 valence electrons. The predicted octanol–water partition coefficient (Wildman–Crippen LogP) is 3.35. The Balaban J connectivity index is 1.45. The molecular formula is C24H34N4O4. The van der Waals surface area contributed by atoms with Crippen molar-refractivity contribution in [3.63, 3.8) is 0 Å². The molecule has 0 bridgehead atoms. The van der Waals surface area contributed by atoms with E-state index in [-0.39, 0.29) is 11.9 Å². The van der Waals surface area contributed by atoms with Crippen molar-refractivity contribution in [2.75, 3.05) is 31.6 Å². The highest BCUT2D eigenvalue weighted by atomic mass is 16.5. The van der Waals surface area contributed by atoms with Gasteiger partial charge < -0.3 is 19.4 Å². The number of nitrogens with one attached hydrogen (secondary N) is 1. The number of anilines is 1. The number of hydrogen-bond donors (Lipinski definition) is 1. The molecule has 8 nitrogen and oxygen atoms in total. The molecule has 2 fully saturated rings. The Morgan fingerprint density at radius 2 is 1.94 bits per heavy atom. The molecule has 1 aromatic carbocycles. The van der Waals surface area contributed by atoms with Crippen LogP contribution in [-0.4, -0.2) is 66.6 Å². The van der Waals surface area contributed by atoms with Crippen molar-refractivity contribution in [2.45, 2.75) is 70.5 Å². The summed E-state index contributed by atoms with van der Waals surface area (Å²) in [4.78, 5) is 34.2. The first-order valence-corrected chi connectivity index (χ1v) is 11.8. The Morgan fingerprint density at radius 3 is 2.69 bits per heavy atom. The number of piperidine rings is 2. The summed E-state index contributed by atoms with van der Waals surface area (Å²) in [6.45, 7) is 6.75. The van der Waals surface area contributed by atoms with Crippen molar-refractivity contribution in [1.82, 2.24) is 15.2 Å². The summed E-state index contributed by atoms with van der Waals surface area (Å²) in [6.07, 6.45) is 6.44. The van der Waals surface area contributed by atoms with Crippen LogP contribution in [0.2, 0.25) is 0 Å². The maximum Gasteiger partial charge on any atom is 0.341 e. The quantitative estimate of drug-likeness (QED) is 0.687. The fraction of sp³-hybridized carbons (Fsp3) is 0.625. The molecule has 0 aliphatic carbocycles. The molecule has 3 atom stereocenters. The maximum absolute atomic E-state index is 13.1. The first-order valence-electron chi connectivity index (χ1n) is 11.8. The molecule has 0 spiro atoms. The maximum atomic E-state index is 13.1. The van der Waals surface area contributed by atoms with Crippen LogP contribution in [-0.2, 0) is 9.53 Å². The van der Waals surface area contributed by atoms with Crippen molar-refractivity contribution >= 4 is 29.0 Å². The van der Waals surface area contributed by atoms with Gasteiger partial charge in [0, 0.05) is 31.7 Å². The molecule has 3 heterocycles. The molecule has 32 heavy (non-hydrogen) atoms. The molecule has 2 aliphatic heterocycles. The molecule has 1 aromatic heterocycles. The standard InChI is InChI=1S/C24H34N4O4/c1-16-8-6-9-17(2)27(16)15-13-25-22(29)20-12-4-5-14-28(20)24-26-19-11-7-10-18(21(19)32-24)23(30)31-3/h7,10-11,16-17,20H,4-6,8-9,12-15H2,1-3H3,(H,25,29). The van der Waals surface area contributed by atoms with Gasteiger partial charge in [-0.3, -0.25) is 9.69 Å². The number of aromatic nitrogens is 1. The van der Waals surface area contributed by atoms with Gasteiger partial charge in [-0.1, -0.05) is 12.5 Å². The number of methoxy groups -OCH3 is 1. The first-order chi connectivity index (χ1) is 15.5. The molecule has 3 unspecified atom stereocenters. The number of benzene rings is 1. The monoisotopic (exact) mass is 442 g/mol. The summed E-state index contributed by atoms with van der Waals surface area (Å²) in [5.41, 5.74) is 1.32. The van der Waals surface area contributed by atoms with Crippen LogP contribution in [0.3, 0.4) is 0 Å². The minimum absolute atomic E-state index is 0.0115. The van der Waals surface area contributed by atoms with Crippen molar-refractivity contribution in [2.24, 2.45) is 0 Å². The van der Waals surface area contributed by atoms with E-state index in [4.69, 9.17) is 9.15 Å². The van der Waals surface area contributed by atoms with E-state index in [0.29, 0.717) is 47.9 Å². The molecular weight excluding hydrogens is 408 g/mol. The lowest BCUT2D eigenvalue weighted by atomic mass is 9.97. The van der Waals surface area contributed by atoms with E-state index in [1.807, 2.05) is 4.90 Å². The summed E-state index contributed by atoms with van der Waals surface area (Å²) < 4.78 is 10.9. The zero-order chi connectivity index (χ0) is 22.7. The Bertz CT molecular complexity index is 949. The molecule has 2 aliphatic rings. The number of para-hydroxylation sites is 1. The molecule has 0 radical (unpaired) electrons. The number of oxazole rings is 1. The summed E-state index contributed by atoms with van der Waals surface area (Å²) in [7, 11) is 1.34. The number of rotatable bonds is 6. The Morgan fingerprint density at radius 1 is 1.16 bits per heavy atom. The lowest BCUT2D eigenvalue weighted by Gasteiger charge is -2.39. The smallest absolute Gasteiger partial charge is 0.341 e.